The fourth-order valence-corrected chi connectivity index (χ4v) is 2.17. The van der Waals surface area contributed by atoms with Crippen molar-refractivity contribution in [2.24, 2.45) is 0 Å². The Hall–Kier alpha value is -4.34. The first-order valence-corrected chi connectivity index (χ1v) is 8.60. The van der Waals surface area contributed by atoms with Gasteiger partial charge in [-0.1, -0.05) is 0 Å². The second-order valence-corrected chi connectivity index (χ2v) is 5.74. The lowest BCUT2D eigenvalue weighted by molar-refractivity contribution is -0.384. The van der Waals surface area contributed by atoms with Crippen LogP contribution in [0.2, 0.25) is 0 Å². The molecule has 0 saturated carbocycles. The molecular weight excluding hydrogens is 420 g/mol. The first-order chi connectivity index (χ1) is 14.6. The van der Waals surface area contributed by atoms with Gasteiger partial charge in [0.2, 0.25) is 0 Å². The summed E-state index contributed by atoms with van der Waals surface area (Å²) in [6.07, 6.45) is 0.0586. The first-order valence-electron chi connectivity index (χ1n) is 8.60. The number of carboxylic acids is 1. The summed E-state index contributed by atoms with van der Waals surface area (Å²) in [5.41, 5.74) is -0.414. The number of anilines is 2. The summed E-state index contributed by atoms with van der Waals surface area (Å²) in [5.74, 6) is -2.39. The number of halogens is 2. The molecule has 2 aromatic rings. The van der Waals surface area contributed by atoms with Crippen molar-refractivity contribution in [3.63, 3.8) is 0 Å². The predicted octanol–water partition coefficient (Wildman–Crippen LogP) is 3.68. The van der Waals surface area contributed by atoms with Gasteiger partial charge >= 0.3 is 5.97 Å². The molecule has 0 radical (unpaired) electrons. The van der Waals surface area contributed by atoms with Crippen LogP contribution in [0, 0.1) is 43.2 Å². The highest BCUT2D eigenvalue weighted by Gasteiger charge is 2.15. The number of nitro benzene ring substituents is 2. The van der Waals surface area contributed by atoms with Crippen LogP contribution in [0.4, 0.5) is 31.5 Å². The minimum absolute atomic E-state index is 0.0435. The molecule has 0 heterocycles. The third kappa shape index (κ3) is 8.69. The second-order valence-electron chi connectivity index (χ2n) is 5.74. The van der Waals surface area contributed by atoms with Crippen molar-refractivity contribution >= 4 is 28.7 Å². The lowest BCUT2D eigenvalue weighted by atomic mass is 10.2. The van der Waals surface area contributed by atoms with Crippen LogP contribution in [0.5, 0.6) is 0 Å². The molecule has 2 aromatic carbocycles. The van der Waals surface area contributed by atoms with E-state index in [0.29, 0.717) is 6.54 Å². The monoisotopic (exact) mass is 437 g/mol. The Bertz CT molecular complexity index is 996. The fraction of sp³-hybridized carbons (Fsp3) is 0.222. The van der Waals surface area contributed by atoms with Crippen molar-refractivity contribution < 1.29 is 28.5 Å². The molecule has 0 spiro atoms. The first kappa shape index (κ1) is 24.7. The molecule has 0 aliphatic heterocycles. The Balaban J connectivity index is 0.000000311. The normalized spacial score (nSPS) is 9.58. The maximum absolute atomic E-state index is 12.7. The van der Waals surface area contributed by atoms with Gasteiger partial charge in [0.25, 0.3) is 11.4 Å². The van der Waals surface area contributed by atoms with Crippen LogP contribution in [-0.2, 0) is 4.79 Å². The SMILES string of the molecule is N#CCCNc1ccc(F)cc1[N+](=O)[O-].O=C(O)CCNc1ccc(F)cc1[N+](=O)[O-]. The number of nitrogens with one attached hydrogen (secondary N) is 2. The number of nitrogens with zero attached hydrogens (tertiary/aromatic N) is 3. The van der Waals surface area contributed by atoms with Gasteiger partial charge < -0.3 is 15.7 Å². The van der Waals surface area contributed by atoms with Crippen LogP contribution in [-0.4, -0.2) is 34.0 Å². The van der Waals surface area contributed by atoms with Crippen molar-refractivity contribution in [2.75, 3.05) is 23.7 Å². The zero-order valence-electron chi connectivity index (χ0n) is 15.9. The Morgan fingerprint density at radius 2 is 1.42 bits per heavy atom. The zero-order chi connectivity index (χ0) is 23.4. The van der Waals surface area contributed by atoms with Gasteiger partial charge in [0, 0.05) is 13.1 Å². The standard InChI is InChI=1S/C9H8FN3O2.C9H9FN2O4/c10-7-2-3-8(12-5-1-4-11)9(6-7)13(14)15;10-6-1-2-7(8(5-6)12(15)16)11-4-3-9(13)14/h2-3,6,12H,1,5H2;1-2,5,11H,3-4H2,(H,13,14). The van der Waals surface area contributed by atoms with E-state index in [0.717, 1.165) is 24.3 Å². The molecule has 0 fully saturated rings. The summed E-state index contributed by atoms with van der Waals surface area (Å²) in [7, 11) is 0. The van der Waals surface area contributed by atoms with Crippen molar-refractivity contribution in [1.29, 1.82) is 5.26 Å². The van der Waals surface area contributed by atoms with Gasteiger partial charge in [0.1, 0.15) is 23.0 Å². The van der Waals surface area contributed by atoms with Crippen molar-refractivity contribution in [3.05, 3.63) is 68.3 Å². The van der Waals surface area contributed by atoms with E-state index in [4.69, 9.17) is 10.4 Å². The molecule has 0 aliphatic carbocycles. The summed E-state index contributed by atoms with van der Waals surface area (Å²) in [6.45, 7) is 0.338. The third-order valence-electron chi connectivity index (χ3n) is 3.52. The van der Waals surface area contributed by atoms with Crippen molar-refractivity contribution in [2.45, 2.75) is 12.8 Å². The second kappa shape index (κ2) is 12.3. The smallest absolute Gasteiger partial charge is 0.305 e. The molecule has 164 valence electrons. The molecule has 0 saturated heterocycles. The average molecular weight is 437 g/mol. The van der Waals surface area contributed by atoms with E-state index in [-0.39, 0.29) is 36.4 Å². The Morgan fingerprint density at radius 1 is 0.968 bits per heavy atom. The fourth-order valence-electron chi connectivity index (χ4n) is 2.17. The number of aliphatic carboxylic acids is 1. The topological polar surface area (TPSA) is 171 Å². The van der Waals surface area contributed by atoms with E-state index < -0.39 is 33.1 Å². The van der Waals surface area contributed by atoms with E-state index in [9.17, 15) is 33.8 Å². The molecule has 0 aromatic heterocycles. The largest absolute Gasteiger partial charge is 0.481 e. The van der Waals surface area contributed by atoms with E-state index in [1.807, 2.05) is 6.07 Å². The highest BCUT2D eigenvalue weighted by molar-refractivity contribution is 5.68. The van der Waals surface area contributed by atoms with Gasteiger partial charge in [0.05, 0.1) is 40.9 Å². The molecule has 11 nitrogen and oxygen atoms in total. The predicted molar refractivity (Wildman–Crippen MR) is 106 cm³/mol. The summed E-state index contributed by atoms with van der Waals surface area (Å²) in [6, 6.07) is 8.19. The number of hydrogen-bond acceptors (Lipinski definition) is 8. The highest BCUT2D eigenvalue weighted by Crippen LogP contribution is 2.25. The average Bonchev–Trinajstić information content (AvgIpc) is 2.70. The van der Waals surface area contributed by atoms with E-state index in [1.165, 1.54) is 12.1 Å². The summed E-state index contributed by atoms with van der Waals surface area (Å²) < 4.78 is 25.4. The number of carbonyl (C=O) groups is 1. The third-order valence-corrected chi connectivity index (χ3v) is 3.52. The van der Waals surface area contributed by atoms with E-state index in [1.54, 1.807) is 0 Å². The summed E-state index contributed by atoms with van der Waals surface area (Å²) >= 11 is 0. The molecule has 3 N–H and O–H groups in total. The van der Waals surface area contributed by atoms with Crippen LogP contribution in [0.15, 0.2) is 36.4 Å². The minimum atomic E-state index is -1.02. The molecule has 0 amide bonds. The zero-order valence-corrected chi connectivity index (χ0v) is 15.9. The van der Waals surface area contributed by atoms with Crippen LogP contribution in [0.3, 0.4) is 0 Å². The van der Waals surface area contributed by atoms with Crippen LogP contribution < -0.4 is 10.6 Å². The summed E-state index contributed by atoms with van der Waals surface area (Å²) in [5, 5.41) is 43.0. The molecule has 0 bridgehead atoms. The maximum Gasteiger partial charge on any atom is 0.305 e. The lowest BCUT2D eigenvalue weighted by Crippen LogP contribution is -2.09. The molecule has 0 atom stereocenters. The molecule has 2 rings (SSSR count). The van der Waals surface area contributed by atoms with Crippen molar-refractivity contribution in [3.8, 4) is 6.07 Å². The number of nitro groups is 2. The van der Waals surface area contributed by atoms with Gasteiger partial charge in [-0.25, -0.2) is 8.78 Å². The van der Waals surface area contributed by atoms with Gasteiger partial charge in [-0.15, -0.1) is 0 Å². The van der Waals surface area contributed by atoms with E-state index >= 15 is 0 Å². The van der Waals surface area contributed by atoms with Gasteiger partial charge in [-0.05, 0) is 24.3 Å². The Kier molecular flexibility index (Phi) is 9.78. The molecule has 13 heteroatoms. The van der Waals surface area contributed by atoms with Gasteiger partial charge in [-0.3, -0.25) is 25.0 Å². The number of nitriles is 1. The number of carboxylic acid groups (broad SMARTS) is 1. The molecule has 0 aliphatic rings. The lowest BCUT2D eigenvalue weighted by Gasteiger charge is -2.05. The minimum Gasteiger partial charge on any atom is -0.481 e. The number of benzene rings is 2. The molecule has 31 heavy (non-hydrogen) atoms. The Labute approximate surface area is 174 Å². The van der Waals surface area contributed by atoms with E-state index in [2.05, 4.69) is 10.6 Å². The summed E-state index contributed by atoms with van der Waals surface area (Å²) in [4.78, 5) is 29.9. The van der Waals surface area contributed by atoms with Crippen molar-refractivity contribution in [1.82, 2.24) is 0 Å². The van der Waals surface area contributed by atoms with Crippen LogP contribution in [0.1, 0.15) is 12.8 Å². The number of hydrogen-bond donors (Lipinski definition) is 3. The number of rotatable bonds is 9. The molecular formula is C18H17F2N5O6. The highest BCUT2D eigenvalue weighted by atomic mass is 19.1. The van der Waals surface area contributed by atoms with Crippen LogP contribution in [0.25, 0.3) is 0 Å². The van der Waals surface area contributed by atoms with Gasteiger partial charge in [0.15, 0.2) is 0 Å². The quantitative estimate of drug-likeness (QED) is 0.300. The Morgan fingerprint density at radius 3 is 1.81 bits per heavy atom. The maximum atomic E-state index is 12.7. The van der Waals surface area contributed by atoms with Crippen LogP contribution >= 0.6 is 0 Å². The van der Waals surface area contributed by atoms with Gasteiger partial charge in [-0.2, -0.15) is 5.26 Å². The molecule has 0 unspecified atom stereocenters.